The fourth-order valence-electron chi connectivity index (χ4n) is 1.16. The lowest BCUT2D eigenvalue weighted by Gasteiger charge is -2.23. The summed E-state index contributed by atoms with van der Waals surface area (Å²) in [6.45, 7) is 6.44. The highest BCUT2D eigenvalue weighted by Gasteiger charge is 2.21. The molecule has 0 bridgehead atoms. The predicted octanol–water partition coefficient (Wildman–Crippen LogP) is 3.36. The van der Waals surface area contributed by atoms with Crippen molar-refractivity contribution in [3.8, 4) is 0 Å². The zero-order valence-corrected chi connectivity index (χ0v) is 8.19. The highest BCUT2D eigenvalue weighted by Crippen LogP contribution is 2.27. The molecule has 0 saturated carbocycles. The summed E-state index contributed by atoms with van der Waals surface area (Å²) in [7, 11) is 0. The minimum absolute atomic E-state index is 0.175. The molecular weight excluding hydrogens is 162 g/mol. The minimum Gasteiger partial charge on any atom is -0.278 e. The van der Waals surface area contributed by atoms with Gasteiger partial charge in [-0.2, -0.15) is 0 Å². The van der Waals surface area contributed by atoms with E-state index in [0.29, 0.717) is 0 Å². The summed E-state index contributed by atoms with van der Waals surface area (Å²) in [5.41, 5.74) is 0.175. The van der Waals surface area contributed by atoms with Crippen molar-refractivity contribution in [3.05, 3.63) is 0 Å². The number of oxime groups is 1. The van der Waals surface area contributed by atoms with E-state index in [2.05, 4.69) is 30.3 Å². The first-order chi connectivity index (χ1) is 5.24. The van der Waals surface area contributed by atoms with Gasteiger partial charge in [0.05, 0.1) is 6.21 Å². The Hall–Kier alpha value is -0.240. The van der Waals surface area contributed by atoms with E-state index in [1.165, 1.54) is 0 Å². The monoisotopic (exact) mass is 177 g/mol. The summed E-state index contributed by atoms with van der Waals surface area (Å²) in [5.74, 6) is 0. The molecule has 3 heteroatoms. The highest BCUT2D eigenvalue weighted by molar-refractivity contribution is 6.07. The van der Waals surface area contributed by atoms with Crippen LogP contribution in [-0.2, 0) is 4.39 Å². The van der Waals surface area contributed by atoms with E-state index in [1.807, 2.05) is 0 Å². The van der Waals surface area contributed by atoms with Gasteiger partial charge in [-0.05, 0) is 19.3 Å². The first kappa shape index (κ1) is 10.8. The summed E-state index contributed by atoms with van der Waals surface area (Å²) in [5, 5.41) is 3.60. The Balaban J connectivity index is 4.16. The van der Waals surface area contributed by atoms with Crippen molar-refractivity contribution >= 4 is 18.1 Å². The summed E-state index contributed by atoms with van der Waals surface area (Å²) in [4.78, 5) is 0. The second-order valence-electron chi connectivity index (χ2n) is 2.73. The molecule has 0 spiro atoms. The van der Waals surface area contributed by atoms with Gasteiger partial charge in [0.15, 0.2) is 11.9 Å². The molecule has 0 N–H and O–H groups in total. The molecule has 0 heterocycles. The summed E-state index contributed by atoms with van der Waals surface area (Å²) in [6, 6.07) is 0. The van der Waals surface area contributed by atoms with Crippen LogP contribution >= 0.6 is 11.9 Å². The third kappa shape index (κ3) is 3.10. The second-order valence-corrected chi connectivity index (χ2v) is 2.86. The van der Waals surface area contributed by atoms with Crippen molar-refractivity contribution < 1.29 is 4.39 Å². The molecule has 0 atom stereocenters. The lowest BCUT2D eigenvalue weighted by Crippen LogP contribution is -2.19. The van der Waals surface area contributed by atoms with E-state index >= 15 is 0 Å². The third-order valence-corrected chi connectivity index (χ3v) is 2.56. The molecule has 0 aliphatic heterocycles. The molecule has 0 aliphatic carbocycles. The second kappa shape index (κ2) is 5.42. The van der Waals surface area contributed by atoms with Crippen LogP contribution < -0.4 is 0 Å². The smallest absolute Gasteiger partial charge is 0.167 e. The first-order valence-corrected chi connectivity index (χ1v) is 4.37. The molecule has 2 nitrogen and oxygen atoms in total. The fourth-order valence-corrected chi connectivity index (χ4v) is 1.20. The average molecular weight is 178 g/mol. The van der Waals surface area contributed by atoms with Gasteiger partial charge in [0.1, 0.15) is 0 Å². The number of halogens is 1. The van der Waals surface area contributed by atoms with E-state index in [4.69, 9.17) is 11.9 Å². The molecule has 0 aliphatic rings. The van der Waals surface area contributed by atoms with Crippen LogP contribution in [0.5, 0.6) is 0 Å². The summed E-state index contributed by atoms with van der Waals surface area (Å²) in [6.07, 6.45) is 5.03. The lowest BCUT2D eigenvalue weighted by molar-refractivity contribution is 0.342. The first-order valence-electron chi connectivity index (χ1n) is 4.07. The van der Waals surface area contributed by atoms with Gasteiger partial charge < -0.3 is 0 Å². The number of hydrogen-bond donors (Lipinski definition) is 0. The topological polar surface area (TPSA) is 21.6 Å². The Kier molecular flexibility index (Phi) is 5.30. The van der Waals surface area contributed by atoms with Gasteiger partial charge in [-0.3, -0.25) is 4.39 Å². The SMILES string of the molecule is CCC(C=NOCl)(CC)CC. The van der Waals surface area contributed by atoms with Gasteiger partial charge in [0.25, 0.3) is 0 Å². The third-order valence-electron chi connectivity index (χ3n) is 2.48. The van der Waals surface area contributed by atoms with Gasteiger partial charge in [0.2, 0.25) is 0 Å². The molecule has 0 amide bonds. The van der Waals surface area contributed by atoms with E-state index in [1.54, 1.807) is 6.21 Å². The highest BCUT2D eigenvalue weighted by atomic mass is 35.5. The molecule has 0 radical (unpaired) electrons. The number of nitrogens with zero attached hydrogens (tertiary/aromatic N) is 1. The van der Waals surface area contributed by atoms with Gasteiger partial charge in [-0.1, -0.05) is 25.9 Å². The maximum atomic E-state index is 4.98. The molecule has 11 heavy (non-hydrogen) atoms. The Bertz CT molecular complexity index is 113. The van der Waals surface area contributed by atoms with Crippen LogP contribution in [0.1, 0.15) is 40.0 Å². The number of hydrogen-bond acceptors (Lipinski definition) is 2. The van der Waals surface area contributed by atoms with Crippen LogP contribution in [0.3, 0.4) is 0 Å². The molecule has 0 saturated heterocycles. The van der Waals surface area contributed by atoms with Crippen LogP contribution in [0.4, 0.5) is 0 Å². The van der Waals surface area contributed by atoms with Crippen molar-refractivity contribution in [2.75, 3.05) is 0 Å². The van der Waals surface area contributed by atoms with Gasteiger partial charge in [-0.25, -0.2) is 0 Å². The van der Waals surface area contributed by atoms with Crippen LogP contribution in [0.15, 0.2) is 5.16 Å². The van der Waals surface area contributed by atoms with E-state index in [-0.39, 0.29) is 5.41 Å². The van der Waals surface area contributed by atoms with Crippen molar-refractivity contribution in [1.82, 2.24) is 0 Å². The molecule has 0 aromatic heterocycles. The Morgan fingerprint density at radius 1 is 1.27 bits per heavy atom. The zero-order chi connectivity index (χ0) is 8.74. The Morgan fingerprint density at radius 2 is 1.73 bits per heavy atom. The lowest BCUT2D eigenvalue weighted by atomic mass is 9.81. The van der Waals surface area contributed by atoms with Crippen molar-refractivity contribution in [3.63, 3.8) is 0 Å². The molecule has 66 valence electrons. The van der Waals surface area contributed by atoms with Crippen molar-refractivity contribution in [2.45, 2.75) is 40.0 Å². The average Bonchev–Trinajstić information content (AvgIpc) is 2.08. The van der Waals surface area contributed by atoms with E-state index in [0.717, 1.165) is 19.3 Å². The quantitative estimate of drug-likeness (QED) is 0.466. The van der Waals surface area contributed by atoms with Gasteiger partial charge in [0, 0.05) is 5.41 Å². The van der Waals surface area contributed by atoms with E-state index < -0.39 is 0 Å². The molecule has 0 aromatic carbocycles. The molecular formula is C8H16ClNO. The maximum absolute atomic E-state index is 4.98. The maximum Gasteiger partial charge on any atom is 0.167 e. The van der Waals surface area contributed by atoms with Crippen molar-refractivity contribution in [1.29, 1.82) is 0 Å². The molecule has 0 unspecified atom stereocenters. The molecule has 0 aromatic rings. The van der Waals surface area contributed by atoms with Crippen molar-refractivity contribution in [2.24, 2.45) is 10.6 Å². The summed E-state index contributed by atoms with van der Waals surface area (Å²) < 4.78 is 4.14. The van der Waals surface area contributed by atoms with E-state index in [9.17, 15) is 0 Å². The van der Waals surface area contributed by atoms with Crippen LogP contribution in [-0.4, -0.2) is 6.21 Å². The van der Waals surface area contributed by atoms with Gasteiger partial charge in [-0.15, -0.1) is 0 Å². The standard InChI is InChI=1S/C8H16ClNO/c1-4-8(5-2,6-3)7-10-11-9/h7H,4-6H2,1-3H3. The Morgan fingerprint density at radius 3 is 2.00 bits per heavy atom. The Labute approximate surface area is 73.7 Å². The largest absolute Gasteiger partial charge is 0.278 e. The van der Waals surface area contributed by atoms with Crippen LogP contribution in [0, 0.1) is 5.41 Å². The normalized spacial score (nSPS) is 12.4. The molecule has 0 rings (SSSR count). The van der Waals surface area contributed by atoms with Gasteiger partial charge >= 0.3 is 0 Å². The van der Waals surface area contributed by atoms with Crippen LogP contribution in [0.2, 0.25) is 0 Å². The predicted molar refractivity (Wildman–Crippen MR) is 48.7 cm³/mol. The zero-order valence-electron chi connectivity index (χ0n) is 7.43. The number of rotatable bonds is 5. The fraction of sp³-hybridized carbons (Fsp3) is 0.875. The molecule has 0 fully saturated rings. The minimum atomic E-state index is 0.175. The van der Waals surface area contributed by atoms with Crippen LogP contribution in [0.25, 0.3) is 0 Å². The summed E-state index contributed by atoms with van der Waals surface area (Å²) >= 11 is 4.98.